The minimum atomic E-state index is -0.490. The van der Waals surface area contributed by atoms with Gasteiger partial charge in [-0.1, -0.05) is 60.7 Å². The molecule has 1 N–H and O–H groups in total. The van der Waals surface area contributed by atoms with Gasteiger partial charge in [-0.2, -0.15) is 0 Å². The molecule has 29 heavy (non-hydrogen) atoms. The van der Waals surface area contributed by atoms with E-state index in [1.165, 1.54) is 16.8 Å². The molecule has 0 atom stereocenters. The highest BCUT2D eigenvalue weighted by molar-refractivity contribution is 5.67. The smallest absolute Gasteiger partial charge is 0.407 e. The molecule has 0 radical (unpaired) electrons. The Hall–Kier alpha value is -3.08. The molecule has 3 aromatic rings. The van der Waals surface area contributed by atoms with E-state index in [4.69, 9.17) is 4.74 Å². The zero-order chi connectivity index (χ0) is 20.7. The van der Waals surface area contributed by atoms with Gasteiger partial charge in [0.1, 0.15) is 30.6 Å². The molecular formula is C24H30N3O2+. The summed E-state index contributed by atoms with van der Waals surface area (Å²) in [6.07, 6.45) is 4.65. The highest BCUT2D eigenvalue weighted by Gasteiger charge is 2.18. The Morgan fingerprint density at radius 3 is 2.24 bits per heavy atom. The molecule has 0 aliphatic rings. The predicted octanol–water partition coefficient (Wildman–Crippen LogP) is 3.94. The molecule has 0 aliphatic heterocycles. The predicted molar refractivity (Wildman–Crippen MR) is 114 cm³/mol. The van der Waals surface area contributed by atoms with Crippen LogP contribution in [0.5, 0.6) is 0 Å². The summed E-state index contributed by atoms with van der Waals surface area (Å²) in [4.78, 5) is 11.9. The second-order valence-electron chi connectivity index (χ2n) is 8.19. The van der Waals surface area contributed by atoms with E-state index in [2.05, 4.69) is 75.5 Å². The average Bonchev–Trinajstić information content (AvgIpc) is 3.03. The van der Waals surface area contributed by atoms with Gasteiger partial charge in [0, 0.05) is 13.0 Å². The van der Waals surface area contributed by atoms with Gasteiger partial charge < -0.3 is 10.1 Å². The second-order valence-corrected chi connectivity index (χ2v) is 8.19. The average molecular weight is 393 g/mol. The van der Waals surface area contributed by atoms with Crippen LogP contribution in [0.2, 0.25) is 0 Å². The molecule has 3 rings (SSSR count). The van der Waals surface area contributed by atoms with Gasteiger partial charge in [-0.15, -0.1) is 0 Å². The molecule has 0 saturated heterocycles. The third-order valence-corrected chi connectivity index (χ3v) is 4.42. The SMILES string of the molecule is CC(C)(C)OC(=O)NCCc1c[n+](Cc2ccccc2)cn1Cc1ccccc1. The van der Waals surface area contributed by atoms with Crippen molar-refractivity contribution in [3.63, 3.8) is 0 Å². The summed E-state index contributed by atoms with van der Waals surface area (Å²) >= 11 is 0. The van der Waals surface area contributed by atoms with Crippen LogP contribution in [0.25, 0.3) is 0 Å². The molecule has 0 unspecified atom stereocenters. The Morgan fingerprint density at radius 1 is 1.00 bits per heavy atom. The number of carbonyl (C=O) groups excluding carboxylic acids is 1. The topological polar surface area (TPSA) is 47.1 Å². The number of amides is 1. The zero-order valence-electron chi connectivity index (χ0n) is 17.5. The Kier molecular flexibility index (Phi) is 6.70. The Balaban J connectivity index is 1.70. The van der Waals surface area contributed by atoms with Crippen molar-refractivity contribution in [3.8, 4) is 0 Å². The molecule has 1 heterocycles. The van der Waals surface area contributed by atoms with Crippen LogP contribution in [0.1, 0.15) is 37.6 Å². The maximum atomic E-state index is 11.9. The lowest BCUT2D eigenvalue weighted by Gasteiger charge is -2.19. The fraction of sp³-hybridized carbons (Fsp3) is 0.333. The van der Waals surface area contributed by atoms with Crippen molar-refractivity contribution in [1.29, 1.82) is 0 Å². The molecule has 5 nitrogen and oxygen atoms in total. The van der Waals surface area contributed by atoms with Gasteiger partial charge in [-0.3, -0.25) is 0 Å². The van der Waals surface area contributed by atoms with Gasteiger partial charge in [-0.05, 0) is 31.9 Å². The first-order valence-corrected chi connectivity index (χ1v) is 10.0. The van der Waals surface area contributed by atoms with E-state index in [1.807, 2.05) is 32.9 Å². The maximum Gasteiger partial charge on any atom is 0.407 e. The third kappa shape index (κ3) is 6.79. The van der Waals surface area contributed by atoms with Crippen molar-refractivity contribution in [2.24, 2.45) is 0 Å². The van der Waals surface area contributed by atoms with E-state index in [0.29, 0.717) is 6.54 Å². The van der Waals surface area contributed by atoms with Crippen LogP contribution >= 0.6 is 0 Å². The molecule has 0 aliphatic carbocycles. The van der Waals surface area contributed by atoms with Gasteiger partial charge in [-0.25, -0.2) is 13.9 Å². The normalized spacial score (nSPS) is 11.3. The number of alkyl carbamates (subject to hydrolysis) is 1. The Labute approximate surface area is 173 Å². The fourth-order valence-electron chi connectivity index (χ4n) is 3.17. The number of nitrogens with one attached hydrogen (secondary N) is 1. The fourth-order valence-corrected chi connectivity index (χ4v) is 3.17. The lowest BCUT2D eigenvalue weighted by Crippen LogP contribution is -2.33. The van der Waals surface area contributed by atoms with Crippen LogP contribution in [-0.2, 0) is 24.2 Å². The van der Waals surface area contributed by atoms with E-state index in [9.17, 15) is 4.79 Å². The molecule has 2 aromatic carbocycles. The standard InChI is InChI=1S/C24H29N3O2/c1-24(2,3)29-23(28)25-15-14-22-18-26(16-20-10-6-4-7-11-20)19-27(22)17-21-12-8-5-9-13-21/h4-13,18-19H,14-17H2,1-3H3/p+1. The number of imidazole rings is 1. The number of aromatic nitrogens is 2. The molecule has 0 fully saturated rings. The van der Waals surface area contributed by atoms with E-state index in [1.54, 1.807) is 0 Å². The number of carbonyl (C=O) groups is 1. The van der Waals surface area contributed by atoms with Gasteiger partial charge in [0.15, 0.2) is 0 Å². The minimum Gasteiger partial charge on any atom is -0.444 e. The summed E-state index contributed by atoms with van der Waals surface area (Å²) in [7, 11) is 0. The number of nitrogens with zero attached hydrogens (tertiary/aromatic N) is 2. The van der Waals surface area contributed by atoms with E-state index in [0.717, 1.165) is 19.5 Å². The number of hydrogen-bond donors (Lipinski definition) is 1. The lowest BCUT2D eigenvalue weighted by atomic mass is 10.2. The highest BCUT2D eigenvalue weighted by Crippen LogP contribution is 2.09. The van der Waals surface area contributed by atoms with Gasteiger partial charge in [0.05, 0.1) is 0 Å². The first kappa shape index (κ1) is 20.6. The van der Waals surface area contributed by atoms with Gasteiger partial charge in [0.2, 0.25) is 6.33 Å². The van der Waals surface area contributed by atoms with Crippen LogP contribution in [0.15, 0.2) is 73.2 Å². The molecule has 0 bridgehead atoms. The van der Waals surface area contributed by atoms with Gasteiger partial charge in [0.25, 0.3) is 0 Å². The summed E-state index contributed by atoms with van der Waals surface area (Å²) in [6.45, 7) is 7.73. The van der Waals surface area contributed by atoms with Crippen molar-refractivity contribution in [2.75, 3.05) is 6.54 Å². The molecule has 5 heteroatoms. The quantitative estimate of drug-likeness (QED) is 0.619. The molecule has 0 saturated carbocycles. The number of hydrogen-bond acceptors (Lipinski definition) is 2. The summed E-state index contributed by atoms with van der Waals surface area (Å²) in [5, 5.41) is 2.85. The highest BCUT2D eigenvalue weighted by atomic mass is 16.6. The monoisotopic (exact) mass is 392 g/mol. The van der Waals surface area contributed by atoms with Crippen molar-refractivity contribution >= 4 is 6.09 Å². The van der Waals surface area contributed by atoms with Crippen LogP contribution < -0.4 is 9.88 Å². The van der Waals surface area contributed by atoms with Crippen LogP contribution in [-0.4, -0.2) is 22.8 Å². The first-order chi connectivity index (χ1) is 13.9. The van der Waals surface area contributed by atoms with Crippen molar-refractivity contribution in [1.82, 2.24) is 9.88 Å². The lowest BCUT2D eigenvalue weighted by molar-refractivity contribution is -0.688. The van der Waals surface area contributed by atoms with Gasteiger partial charge >= 0.3 is 6.09 Å². The molecule has 152 valence electrons. The zero-order valence-corrected chi connectivity index (χ0v) is 17.5. The van der Waals surface area contributed by atoms with E-state index < -0.39 is 5.60 Å². The van der Waals surface area contributed by atoms with E-state index in [-0.39, 0.29) is 6.09 Å². The maximum absolute atomic E-state index is 11.9. The number of benzene rings is 2. The summed E-state index contributed by atoms with van der Waals surface area (Å²) in [5.74, 6) is 0. The molecular weight excluding hydrogens is 362 g/mol. The Morgan fingerprint density at radius 2 is 1.62 bits per heavy atom. The second kappa shape index (κ2) is 9.41. The summed E-state index contributed by atoms with van der Waals surface area (Å²) in [5.41, 5.74) is 3.18. The van der Waals surface area contributed by atoms with Crippen molar-refractivity contribution in [3.05, 3.63) is 90.0 Å². The molecule has 1 aromatic heterocycles. The van der Waals surface area contributed by atoms with Crippen LogP contribution in [0, 0.1) is 0 Å². The van der Waals surface area contributed by atoms with Crippen molar-refractivity contribution < 1.29 is 14.1 Å². The molecule has 1 amide bonds. The van der Waals surface area contributed by atoms with Crippen LogP contribution in [0.3, 0.4) is 0 Å². The Bertz CT molecular complexity index is 912. The van der Waals surface area contributed by atoms with Crippen molar-refractivity contribution in [2.45, 2.75) is 45.9 Å². The first-order valence-electron chi connectivity index (χ1n) is 10.0. The summed E-state index contributed by atoms with van der Waals surface area (Å²) in [6, 6.07) is 20.8. The molecule has 0 spiro atoms. The largest absolute Gasteiger partial charge is 0.444 e. The van der Waals surface area contributed by atoms with E-state index >= 15 is 0 Å². The number of rotatable bonds is 7. The minimum absolute atomic E-state index is 0.379. The summed E-state index contributed by atoms with van der Waals surface area (Å²) < 4.78 is 9.76. The van der Waals surface area contributed by atoms with Crippen LogP contribution in [0.4, 0.5) is 4.79 Å². The number of ether oxygens (including phenoxy) is 1. The third-order valence-electron chi connectivity index (χ3n) is 4.42.